The predicted molar refractivity (Wildman–Crippen MR) is 83.8 cm³/mol. The van der Waals surface area contributed by atoms with Gasteiger partial charge in [0.05, 0.1) is 5.25 Å². The van der Waals surface area contributed by atoms with E-state index in [0.717, 1.165) is 30.6 Å². The van der Waals surface area contributed by atoms with E-state index in [1.165, 1.54) is 23.1 Å². The molecule has 1 unspecified atom stereocenters. The summed E-state index contributed by atoms with van der Waals surface area (Å²) in [5.41, 5.74) is 6.59. The van der Waals surface area contributed by atoms with Crippen LogP contribution in [0.5, 0.6) is 0 Å². The Bertz CT molecular complexity index is 555. The molecule has 4 nitrogen and oxygen atoms in total. The lowest BCUT2D eigenvalue weighted by molar-refractivity contribution is -0.141. The van der Waals surface area contributed by atoms with Gasteiger partial charge in [-0.1, -0.05) is 31.4 Å². The van der Waals surface area contributed by atoms with Crippen LogP contribution >= 0.6 is 11.8 Å². The molecule has 0 radical (unpaired) electrons. The van der Waals surface area contributed by atoms with Gasteiger partial charge in [0, 0.05) is 23.0 Å². The number of amides is 2. The number of carbonyl (C=O) groups is 2. The Morgan fingerprint density at radius 2 is 1.81 bits per heavy atom. The molecular formula is C16H20N2O2S. The monoisotopic (exact) mass is 304 g/mol. The van der Waals surface area contributed by atoms with Crippen molar-refractivity contribution in [3.8, 4) is 0 Å². The van der Waals surface area contributed by atoms with Crippen molar-refractivity contribution < 1.29 is 9.59 Å². The molecule has 1 aliphatic heterocycles. The lowest BCUT2D eigenvalue weighted by Gasteiger charge is -2.29. The first-order valence-corrected chi connectivity index (χ1v) is 8.42. The van der Waals surface area contributed by atoms with Gasteiger partial charge in [-0.05, 0) is 25.0 Å². The highest BCUT2D eigenvalue weighted by Crippen LogP contribution is 2.36. The normalized spacial score (nSPS) is 23.8. The van der Waals surface area contributed by atoms with Crippen molar-refractivity contribution in [1.29, 1.82) is 0 Å². The molecule has 1 aromatic rings. The molecule has 2 aliphatic rings. The second-order valence-electron chi connectivity index (χ2n) is 5.74. The molecule has 1 saturated carbocycles. The third kappa shape index (κ3) is 2.93. The fraction of sp³-hybridized carbons (Fsp3) is 0.500. The van der Waals surface area contributed by atoms with Gasteiger partial charge in [0.2, 0.25) is 11.8 Å². The maximum atomic E-state index is 12.6. The number of carbonyl (C=O) groups excluding carboxylic acids is 2. The van der Waals surface area contributed by atoms with Crippen LogP contribution in [0.15, 0.2) is 29.2 Å². The molecule has 1 aliphatic carbocycles. The summed E-state index contributed by atoms with van der Waals surface area (Å²) in [5, 5.41) is -0.316. The van der Waals surface area contributed by atoms with Gasteiger partial charge in [-0.15, -0.1) is 11.8 Å². The SMILES string of the molecule is Nc1ccccc1SC1CC(=O)N(C2CCCCC2)C1=O. The number of nitrogen functional groups attached to an aromatic ring is 1. The molecular weight excluding hydrogens is 284 g/mol. The van der Waals surface area contributed by atoms with Crippen molar-refractivity contribution in [2.45, 2.75) is 54.7 Å². The third-order valence-corrected chi connectivity index (χ3v) is 5.55. The van der Waals surface area contributed by atoms with Crippen LogP contribution in [-0.2, 0) is 9.59 Å². The molecule has 21 heavy (non-hydrogen) atoms. The molecule has 2 amide bonds. The van der Waals surface area contributed by atoms with Crippen LogP contribution in [0.1, 0.15) is 38.5 Å². The Hall–Kier alpha value is -1.49. The summed E-state index contributed by atoms with van der Waals surface area (Å²) >= 11 is 1.42. The van der Waals surface area contributed by atoms with Gasteiger partial charge in [-0.3, -0.25) is 14.5 Å². The Morgan fingerprint density at radius 1 is 1.10 bits per heavy atom. The van der Waals surface area contributed by atoms with Crippen LogP contribution < -0.4 is 5.73 Å². The molecule has 1 atom stereocenters. The highest BCUT2D eigenvalue weighted by Gasteiger charge is 2.43. The van der Waals surface area contributed by atoms with Gasteiger partial charge >= 0.3 is 0 Å². The van der Waals surface area contributed by atoms with Crippen molar-refractivity contribution in [3.05, 3.63) is 24.3 Å². The fourth-order valence-electron chi connectivity index (χ4n) is 3.18. The summed E-state index contributed by atoms with van der Waals surface area (Å²) in [6, 6.07) is 7.62. The summed E-state index contributed by atoms with van der Waals surface area (Å²) in [6.45, 7) is 0. The number of benzene rings is 1. The minimum atomic E-state index is -0.316. The quantitative estimate of drug-likeness (QED) is 0.689. The van der Waals surface area contributed by atoms with Gasteiger partial charge in [-0.25, -0.2) is 0 Å². The summed E-state index contributed by atoms with van der Waals surface area (Å²) in [4.78, 5) is 27.2. The number of anilines is 1. The predicted octanol–water partition coefficient (Wildman–Crippen LogP) is 2.82. The molecule has 2 N–H and O–H groups in total. The molecule has 0 aromatic heterocycles. The van der Waals surface area contributed by atoms with E-state index in [2.05, 4.69) is 0 Å². The molecule has 3 rings (SSSR count). The number of para-hydroxylation sites is 1. The van der Waals surface area contributed by atoms with Crippen molar-refractivity contribution in [1.82, 2.24) is 4.90 Å². The average Bonchev–Trinajstić information content (AvgIpc) is 2.77. The molecule has 0 spiro atoms. The number of hydrogen-bond donors (Lipinski definition) is 1. The Kier molecular flexibility index (Phi) is 4.19. The van der Waals surface area contributed by atoms with E-state index in [0.29, 0.717) is 12.1 Å². The van der Waals surface area contributed by atoms with Crippen LogP contribution in [0, 0.1) is 0 Å². The highest BCUT2D eigenvalue weighted by molar-refractivity contribution is 8.00. The molecule has 1 aromatic carbocycles. The van der Waals surface area contributed by atoms with E-state index >= 15 is 0 Å². The lowest BCUT2D eigenvalue weighted by atomic mass is 9.94. The van der Waals surface area contributed by atoms with E-state index in [1.54, 1.807) is 0 Å². The number of imide groups is 1. The Balaban J connectivity index is 1.72. The van der Waals surface area contributed by atoms with Crippen molar-refractivity contribution in [2.75, 3.05) is 5.73 Å². The van der Waals surface area contributed by atoms with Gasteiger partial charge in [0.1, 0.15) is 0 Å². The number of hydrogen-bond acceptors (Lipinski definition) is 4. The smallest absolute Gasteiger partial charge is 0.243 e. The third-order valence-electron chi connectivity index (χ3n) is 4.27. The summed E-state index contributed by atoms with van der Waals surface area (Å²) in [6.07, 6.45) is 5.67. The van der Waals surface area contributed by atoms with Gasteiger partial charge in [0.25, 0.3) is 0 Å². The maximum Gasteiger partial charge on any atom is 0.243 e. The Morgan fingerprint density at radius 3 is 2.52 bits per heavy atom. The van der Waals surface area contributed by atoms with E-state index in [-0.39, 0.29) is 23.1 Å². The van der Waals surface area contributed by atoms with Crippen LogP contribution in [-0.4, -0.2) is 28.0 Å². The minimum absolute atomic E-state index is 0.0149. The summed E-state index contributed by atoms with van der Waals surface area (Å²) in [5.74, 6) is -0.0425. The highest BCUT2D eigenvalue weighted by atomic mass is 32.2. The zero-order chi connectivity index (χ0) is 14.8. The lowest BCUT2D eigenvalue weighted by Crippen LogP contribution is -2.41. The number of rotatable bonds is 3. The van der Waals surface area contributed by atoms with Crippen molar-refractivity contribution in [3.63, 3.8) is 0 Å². The van der Waals surface area contributed by atoms with Gasteiger partial charge in [-0.2, -0.15) is 0 Å². The molecule has 5 heteroatoms. The molecule has 1 heterocycles. The number of nitrogens with two attached hydrogens (primary N) is 1. The van der Waals surface area contributed by atoms with E-state index < -0.39 is 0 Å². The first-order valence-electron chi connectivity index (χ1n) is 7.54. The van der Waals surface area contributed by atoms with E-state index in [4.69, 9.17) is 5.73 Å². The molecule has 0 bridgehead atoms. The first-order chi connectivity index (χ1) is 10.2. The number of thioether (sulfide) groups is 1. The Labute approximate surface area is 129 Å². The van der Waals surface area contributed by atoms with Gasteiger partial charge in [0.15, 0.2) is 0 Å². The zero-order valence-corrected chi connectivity index (χ0v) is 12.8. The fourth-order valence-corrected chi connectivity index (χ4v) is 4.29. The van der Waals surface area contributed by atoms with Crippen LogP contribution in [0.4, 0.5) is 5.69 Å². The minimum Gasteiger partial charge on any atom is -0.398 e. The number of nitrogens with zero attached hydrogens (tertiary/aromatic N) is 1. The van der Waals surface area contributed by atoms with Crippen LogP contribution in [0.2, 0.25) is 0 Å². The van der Waals surface area contributed by atoms with E-state index in [9.17, 15) is 9.59 Å². The molecule has 112 valence electrons. The molecule has 2 fully saturated rings. The van der Waals surface area contributed by atoms with Crippen molar-refractivity contribution >= 4 is 29.3 Å². The van der Waals surface area contributed by atoms with Gasteiger partial charge < -0.3 is 5.73 Å². The topological polar surface area (TPSA) is 63.4 Å². The number of likely N-dealkylation sites (tertiary alicyclic amines) is 1. The first kappa shape index (κ1) is 14.4. The summed E-state index contributed by atoms with van der Waals surface area (Å²) in [7, 11) is 0. The zero-order valence-electron chi connectivity index (χ0n) is 12.0. The van der Waals surface area contributed by atoms with Crippen LogP contribution in [0.25, 0.3) is 0 Å². The summed E-state index contributed by atoms with van der Waals surface area (Å²) < 4.78 is 0. The average molecular weight is 304 g/mol. The second kappa shape index (κ2) is 6.10. The van der Waals surface area contributed by atoms with Crippen LogP contribution in [0.3, 0.4) is 0 Å². The second-order valence-corrected chi connectivity index (χ2v) is 6.99. The van der Waals surface area contributed by atoms with Crippen molar-refractivity contribution in [2.24, 2.45) is 0 Å². The largest absolute Gasteiger partial charge is 0.398 e. The standard InChI is InChI=1S/C16H20N2O2S/c17-12-8-4-5-9-13(12)21-14-10-15(19)18(16(14)20)11-6-2-1-3-7-11/h4-5,8-9,11,14H,1-3,6-7,10,17H2. The molecule has 1 saturated heterocycles. The van der Waals surface area contributed by atoms with E-state index in [1.807, 2.05) is 24.3 Å². The maximum absolute atomic E-state index is 12.6.